The molecule has 2 N–H and O–H groups in total. The van der Waals surface area contributed by atoms with Crippen LogP contribution in [0, 0.1) is 19.3 Å². The fourth-order valence-electron chi connectivity index (χ4n) is 1.59. The molecule has 0 saturated heterocycles. The molecule has 0 bridgehead atoms. The van der Waals surface area contributed by atoms with E-state index in [1.165, 1.54) is 36.9 Å². The van der Waals surface area contributed by atoms with Crippen molar-refractivity contribution in [1.29, 1.82) is 0 Å². The lowest BCUT2D eigenvalue weighted by atomic mass is 10.1. The topological polar surface area (TPSA) is 83.5 Å². The van der Waals surface area contributed by atoms with E-state index in [2.05, 4.69) is 10.6 Å². The molecule has 0 unspecified atom stereocenters. The van der Waals surface area contributed by atoms with E-state index in [-0.39, 0.29) is 22.6 Å². The lowest BCUT2D eigenvalue weighted by molar-refractivity contribution is 0.0696. The molecule has 0 spiro atoms. The van der Waals surface area contributed by atoms with Gasteiger partial charge < -0.3 is 5.11 Å². The van der Waals surface area contributed by atoms with E-state index in [4.69, 9.17) is 11.5 Å². The molecule has 0 radical (unpaired) electrons. The summed E-state index contributed by atoms with van der Waals surface area (Å²) in [5, 5.41) is 8.99. The smallest absolute Gasteiger partial charge is 0.335 e. The number of rotatable bonds is 7. The van der Waals surface area contributed by atoms with Crippen molar-refractivity contribution in [1.82, 2.24) is 4.72 Å². The molecule has 0 fully saturated rings. The van der Waals surface area contributed by atoms with Gasteiger partial charge in [-0.3, -0.25) is 0 Å². The van der Waals surface area contributed by atoms with Crippen LogP contribution in [0.5, 0.6) is 0 Å². The molecule has 0 saturated carbocycles. The van der Waals surface area contributed by atoms with Crippen molar-refractivity contribution in [3.8, 4) is 12.3 Å². The lowest BCUT2D eigenvalue weighted by Crippen LogP contribution is -2.27. The number of carboxylic acids is 1. The number of hydrogen-bond donors (Lipinski definition) is 2. The van der Waals surface area contributed by atoms with Crippen LogP contribution in [-0.2, 0) is 10.0 Å². The monoisotopic (exact) mass is 313 g/mol. The van der Waals surface area contributed by atoms with Crippen molar-refractivity contribution >= 4 is 27.8 Å². The number of carboxylic acid groups (broad SMARTS) is 1. The minimum atomic E-state index is -3.71. The average Bonchev–Trinajstić information content (AvgIpc) is 2.38. The first-order chi connectivity index (χ1) is 9.40. The molecule has 0 aliphatic rings. The lowest BCUT2D eigenvalue weighted by Gasteiger charge is -2.10. The summed E-state index contributed by atoms with van der Waals surface area (Å²) in [6, 6.07) is 4.18. The minimum absolute atomic E-state index is 0.0145. The SMILES string of the molecule is C#CCSCCNS(=O)(=O)c1cccc(C(=O)O)c1C. The zero-order valence-corrected chi connectivity index (χ0v) is 12.6. The summed E-state index contributed by atoms with van der Waals surface area (Å²) in [5.41, 5.74) is 0.207. The van der Waals surface area contributed by atoms with E-state index < -0.39 is 16.0 Å². The second-order valence-corrected chi connectivity index (χ2v) is 6.73. The van der Waals surface area contributed by atoms with Gasteiger partial charge in [0.15, 0.2) is 0 Å². The number of sulfonamides is 1. The Labute approximate surface area is 122 Å². The number of hydrogen-bond acceptors (Lipinski definition) is 4. The summed E-state index contributed by atoms with van der Waals surface area (Å²) in [5.74, 6) is 2.38. The fourth-order valence-corrected chi connectivity index (χ4v) is 3.53. The second-order valence-electron chi connectivity index (χ2n) is 3.89. The van der Waals surface area contributed by atoms with Crippen molar-refractivity contribution in [2.75, 3.05) is 18.1 Å². The van der Waals surface area contributed by atoms with Crippen molar-refractivity contribution in [3.05, 3.63) is 29.3 Å². The molecular formula is C13H15NO4S2. The Kier molecular flexibility index (Phi) is 6.07. The van der Waals surface area contributed by atoms with Crippen LogP contribution in [0.4, 0.5) is 0 Å². The molecule has 1 aromatic carbocycles. The van der Waals surface area contributed by atoms with Crippen molar-refractivity contribution in [2.45, 2.75) is 11.8 Å². The standard InChI is InChI=1S/C13H15NO4S2/c1-3-8-19-9-7-14-20(17,18)12-6-4-5-11(10(12)2)13(15)16/h1,4-6,14H,7-9H2,2H3,(H,15,16). The average molecular weight is 313 g/mol. The maximum Gasteiger partial charge on any atom is 0.335 e. The van der Waals surface area contributed by atoms with E-state index in [1.54, 1.807) is 0 Å². The predicted molar refractivity (Wildman–Crippen MR) is 79.5 cm³/mol. The van der Waals surface area contributed by atoms with Crippen LogP contribution >= 0.6 is 11.8 Å². The molecule has 7 heteroatoms. The summed E-state index contributed by atoms with van der Waals surface area (Å²) in [7, 11) is -3.71. The summed E-state index contributed by atoms with van der Waals surface area (Å²) < 4.78 is 26.6. The molecule has 0 aromatic heterocycles. The molecule has 0 aliphatic carbocycles. The first-order valence-electron chi connectivity index (χ1n) is 5.74. The van der Waals surface area contributed by atoms with E-state index >= 15 is 0 Å². The first kappa shape index (κ1) is 16.6. The van der Waals surface area contributed by atoms with Gasteiger partial charge >= 0.3 is 5.97 Å². The van der Waals surface area contributed by atoms with Crippen LogP contribution in [-0.4, -0.2) is 37.5 Å². The quantitative estimate of drug-likeness (QED) is 0.586. The Bertz CT molecular complexity index is 632. The van der Waals surface area contributed by atoms with Crippen LogP contribution in [0.2, 0.25) is 0 Å². The van der Waals surface area contributed by atoms with Gasteiger partial charge in [-0.15, -0.1) is 18.2 Å². The molecule has 1 rings (SSSR count). The number of thioether (sulfide) groups is 1. The number of aromatic carboxylic acids is 1. The molecule has 1 aromatic rings. The molecule has 0 heterocycles. The second kappa shape index (κ2) is 7.33. The largest absolute Gasteiger partial charge is 0.478 e. The van der Waals surface area contributed by atoms with Crippen LogP contribution in [0.25, 0.3) is 0 Å². The highest BCUT2D eigenvalue weighted by Gasteiger charge is 2.19. The van der Waals surface area contributed by atoms with Gasteiger partial charge in [0.25, 0.3) is 0 Å². The zero-order chi connectivity index (χ0) is 15.2. The van der Waals surface area contributed by atoms with E-state index in [1.807, 2.05) is 0 Å². The molecule has 0 aliphatic heterocycles. The third kappa shape index (κ3) is 4.27. The molecule has 0 atom stereocenters. The summed E-state index contributed by atoms with van der Waals surface area (Å²) in [6.07, 6.45) is 5.09. The Balaban J connectivity index is 2.86. The third-order valence-corrected chi connectivity index (χ3v) is 5.00. The predicted octanol–water partition coefficient (Wildman–Crippen LogP) is 1.34. The van der Waals surface area contributed by atoms with Gasteiger partial charge in [0, 0.05) is 12.3 Å². The highest BCUT2D eigenvalue weighted by Crippen LogP contribution is 2.18. The highest BCUT2D eigenvalue weighted by atomic mass is 32.2. The van der Waals surface area contributed by atoms with Crippen molar-refractivity contribution in [3.63, 3.8) is 0 Å². The number of carbonyl (C=O) groups is 1. The molecule has 0 amide bonds. The Hall–Kier alpha value is -1.49. The third-order valence-electron chi connectivity index (χ3n) is 2.53. The number of nitrogens with one attached hydrogen (secondary N) is 1. The summed E-state index contributed by atoms with van der Waals surface area (Å²) in [4.78, 5) is 11.0. The number of terminal acetylenes is 1. The minimum Gasteiger partial charge on any atom is -0.478 e. The maximum absolute atomic E-state index is 12.1. The van der Waals surface area contributed by atoms with E-state index in [9.17, 15) is 13.2 Å². The van der Waals surface area contributed by atoms with Gasteiger partial charge in [-0.05, 0) is 24.6 Å². The Morgan fingerprint density at radius 2 is 2.20 bits per heavy atom. The summed E-state index contributed by atoms with van der Waals surface area (Å²) in [6.45, 7) is 1.72. The van der Waals surface area contributed by atoms with Gasteiger partial charge in [0.2, 0.25) is 10.0 Å². The molecule has 20 heavy (non-hydrogen) atoms. The van der Waals surface area contributed by atoms with Gasteiger partial charge in [0.05, 0.1) is 16.2 Å². The normalized spacial score (nSPS) is 11.0. The molecular weight excluding hydrogens is 298 g/mol. The van der Waals surface area contributed by atoms with E-state index in [0.29, 0.717) is 11.5 Å². The van der Waals surface area contributed by atoms with Crippen LogP contribution < -0.4 is 4.72 Å². The highest BCUT2D eigenvalue weighted by molar-refractivity contribution is 7.99. The number of benzene rings is 1. The molecule has 108 valence electrons. The zero-order valence-electron chi connectivity index (χ0n) is 10.9. The Morgan fingerprint density at radius 3 is 2.80 bits per heavy atom. The van der Waals surface area contributed by atoms with Crippen LogP contribution in [0.3, 0.4) is 0 Å². The Morgan fingerprint density at radius 1 is 1.50 bits per heavy atom. The fraction of sp³-hybridized carbons (Fsp3) is 0.308. The van der Waals surface area contributed by atoms with Crippen LogP contribution in [0.15, 0.2) is 23.1 Å². The molecule has 5 nitrogen and oxygen atoms in total. The van der Waals surface area contributed by atoms with Crippen LogP contribution in [0.1, 0.15) is 15.9 Å². The van der Waals surface area contributed by atoms with E-state index in [0.717, 1.165) is 0 Å². The van der Waals surface area contributed by atoms with Crippen molar-refractivity contribution < 1.29 is 18.3 Å². The first-order valence-corrected chi connectivity index (χ1v) is 8.37. The summed E-state index contributed by atoms with van der Waals surface area (Å²) >= 11 is 1.44. The van der Waals surface area contributed by atoms with Gasteiger partial charge in [-0.1, -0.05) is 12.0 Å². The van der Waals surface area contributed by atoms with Crippen molar-refractivity contribution in [2.24, 2.45) is 0 Å². The van der Waals surface area contributed by atoms with Gasteiger partial charge in [-0.2, -0.15) is 0 Å². The van der Waals surface area contributed by atoms with Gasteiger partial charge in [0.1, 0.15) is 0 Å². The maximum atomic E-state index is 12.1. The van der Waals surface area contributed by atoms with Gasteiger partial charge in [-0.25, -0.2) is 17.9 Å².